The van der Waals surface area contributed by atoms with E-state index in [0.717, 1.165) is 25.1 Å². The van der Waals surface area contributed by atoms with Crippen LogP contribution >= 0.6 is 0 Å². The SMILES string of the molecule is CCCCNc1cnc(C(=O)Nc2ccc(OC)cc2)cn1. The number of methoxy groups -OCH3 is 1. The molecule has 0 fully saturated rings. The Labute approximate surface area is 129 Å². The maximum absolute atomic E-state index is 12.1. The first-order valence-corrected chi connectivity index (χ1v) is 7.24. The van der Waals surface area contributed by atoms with Crippen LogP contribution in [0.1, 0.15) is 30.3 Å². The van der Waals surface area contributed by atoms with Crippen LogP contribution in [0.15, 0.2) is 36.7 Å². The summed E-state index contributed by atoms with van der Waals surface area (Å²) in [4.78, 5) is 20.4. The van der Waals surface area contributed by atoms with Crippen LogP contribution in [0.4, 0.5) is 11.5 Å². The standard InChI is InChI=1S/C16H20N4O2/c1-3-4-9-17-15-11-18-14(10-19-15)16(21)20-12-5-7-13(22-2)8-6-12/h5-8,10-11H,3-4,9H2,1-2H3,(H,17,19)(H,20,21). The number of amides is 1. The lowest BCUT2D eigenvalue weighted by molar-refractivity contribution is 0.102. The van der Waals surface area contributed by atoms with Crippen LogP contribution in [0.3, 0.4) is 0 Å². The van der Waals surface area contributed by atoms with Crippen molar-refractivity contribution in [2.45, 2.75) is 19.8 Å². The Morgan fingerprint density at radius 1 is 1.18 bits per heavy atom. The number of benzene rings is 1. The Kier molecular flexibility index (Phi) is 5.71. The van der Waals surface area contributed by atoms with E-state index in [4.69, 9.17) is 4.74 Å². The van der Waals surface area contributed by atoms with Gasteiger partial charge in [0.25, 0.3) is 5.91 Å². The summed E-state index contributed by atoms with van der Waals surface area (Å²) in [7, 11) is 1.60. The lowest BCUT2D eigenvalue weighted by Crippen LogP contribution is -2.14. The summed E-state index contributed by atoms with van der Waals surface area (Å²) in [5.74, 6) is 1.12. The molecule has 6 heteroatoms. The van der Waals surface area contributed by atoms with Gasteiger partial charge in [-0.15, -0.1) is 0 Å². The molecular weight excluding hydrogens is 280 g/mol. The number of nitrogens with one attached hydrogen (secondary N) is 2. The molecule has 1 aromatic carbocycles. The molecule has 6 nitrogen and oxygen atoms in total. The second-order valence-corrected chi connectivity index (χ2v) is 4.75. The van der Waals surface area contributed by atoms with Crippen molar-refractivity contribution in [3.8, 4) is 5.75 Å². The molecule has 0 aliphatic heterocycles. The first-order chi connectivity index (χ1) is 10.7. The molecule has 0 bridgehead atoms. The minimum Gasteiger partial charge on any atom is -0.497 e. The number of carbonyl (C=O) groups excluding carboxylic acids is 1. The maximum atomic E-state index is 12.1. The second-order valence-electron chi connectivity index (χ2n) is 4.75. The summed E-state index contributed by atoms with van der Waals surface area (Å²) in [5, 5.41) is 5.92. The van der Waals surface area contributed by atoms with Crippen molar-refractivity contribution >= 4 is 17.4 Å². The van der Waals surface area contributed by atoms with Crippen LogP contribution in [-0.4, -0.2) is 29.5 Å². The Morgan fingerprint density at radius 2 is 1.95 bits per heavy atom. The molecule has 0 unspecified atom stereocenters. The third-order valence-electron chi connectivity index (χ3n) is 3.07. The van der Waals surface area contributed by atoms with E-state index in [1.165, 1.54) is 6.20 Å². The lowest BCUT2D eigenvalue weighted by Gasteiger charge is -2.07. The van der Waals surface area contributed by atoms with Gasteiger partial charge < -0.3 is 15.4 Å². The van der Waals surface area contributed by atoms with Crippen molar-refractivity contribution in [3.05, 3.63) is 42.4 Å². The predicted octanol–water partition coefficient (Wildman–Crippen LogP) is 2.95. The lowest BCUT2D eigenvalue weighted by atomic mass is 10.3. The molecule has 2 aromatic rings. The van der Waals surface area contributed by atoms with E-state index in [-0.39, 0.29) is 11.6 Å². The number of rotatable bonds is 7. The molecule has 1 heterocycles. The summed E-state index contributed by atoms with van der Waals surface area (Å²) in [6.07, 6.45) is 5.22. The van der Waals surface area contributed by atoms with Gasteiger partial charge in [0, 0.05) is 12.2 Å². The van der Waals surface area contributed by atoms with Gasteiger partial charge in [-0.3, -0.25) is 4.79 Å². The fourth-order valence-electron chi connectivity index (χ4n) is 1.80. The molecule has 1 amide bonds. The smallest absolute Gasteiger partial charge is 0.275 e. The molecule has 116 valence electrons. The fraction of sp³-hybridized carbons (Fsp3) is 0.312. The quantitative estimate of drug-likeness (QED) is 0.769. The highest BCUT2D eigenvalue weighted by atomic mass is 16.5. The number of nitrogens with zero attached hydrogens (tertiary/aromatic N) is 2. The normalized spacial score (nSPS) is 10.1. The average Bonchev–Trinajstić information content (AvgIpc) is 2.56. The van der Waals surface area contributed by atoms with Gasteiger partial charge in [-0.1, -0.05) is 13.3 Å². The van der Waals surface area contributed by atoms with E-state index < -0.39 is 0 Å². The zero-order valence-corrected chi connectivity index (χ0v) is 12.8. The molecule has 0 radical (unpaired) electrons. The van der Waals surface area contributed by atoms with Gasteiger partial charge in [-0.25, -0.2) is 9.97 Å². The number of unbranched alkanes of at least 4 members (excludes halogenated alkanes) is 1. The summed E-state index contributed by atoms with van der Waals surface area (Å²) in [5.41, 5.74) is 0.953. The molecule has 0 saturated carbocycles. The third kappa shape index (κ3) is 4.44. The highest BCUT2D eigenvalue weighted by Crippen LogP contribution is 2.15. The molecule has 2 N–H and O–H groups in total. The van der Waals surface area contributed by atoms with Crippen molar-refractivity contribution in [3.63, 3.8) is 0 Å². The number of hydrogen-bond donors (Lipinski definition) is 2. The van der Waals surface area contributed by atoms with Crippen molar-refractivity contribution in [1.29, 1.82) is 0 Å². The first-order valence-electron chi connectivity index (χ1n) is 7.24. The fourth-order valence-corrected chi connectivity index (χ4v) is 1.80. The third-order valence-corrected chi connectivity index (χ3v) is 3.07. The van der Waals surface area contributed by atoms with Gasteiger partial charge in [0.05, 0.1) is 19.5 Å². The highest BCUT2D eigenvalue weighted by Gasteiger charge is 2.08. The van der Waals surface area contributed by atoms with E-state index in [0.29, 0.717) is 11.5 Å². The molecule has 0 aliphatic carbocycles. The molecule has 2 rings (SSSR count). The van der Waals surface area contributed by atoms with E-state index in [1.54, 1.807) is 37.6 Å². The topological polar surface area (TPSA) is 76.1 Å². The monoisotopic (exact) mass is 300 g/mol. The van der Waals surface area contributed by atoms with Crippen LogP contribution in [0, 0.1) is 0 Å². The Balaban J connectivity index is 1.94. The Morgan fingerprint density at radius 3 is 2.55 bits per heavy atom. The summed E-state index contributed by atoms with van der Waals surface area (Å²) in [6.45, 7) is 2.97. The molecular formula is C16H20N4O2. The Hall–Kier alpha value is -2.63. The summed E-state index contributed by atoms with van der Waals surface area (Å²) < 4.78 is 5.07. The second kappa shape index (κ2) is 7.97. The predicted molar refractivity (Wildman–Crippen MR) is 86.4 cm³/mol. The van der Waals surface area contributed by atoms with Gasteiger partial charge in [-0.2, -0.15) is 0 Å². The zero-order valence-electron chi connectivity index (χ0n) is 12.8. The van der Waals surface area contributed by atoms with Gasteiger partial charge in [-0.05, 0) is 30.7 Å². The molecule has 0 aliphatic rings. The number of hydrogen-bond acceptors (Lipinski definition) is 5. The van der Waals surface area contributed by atoms with E-state index in [1.807, 2.05) is 0 Å². The first kappa shape index (κ1) is 15.8. The number of aromatic nitrogens is 2. The van der Waals surface area contributed by atoms with E-state index in [9.17, 15) is 4.79 Å². The molecule has 0 spiro atoms. The van der Waals surface area contributed by atoms with Crippen molar-refractivity contribution in [2.75, 3.05) is 24.3 Å². The van der Waals surface area contributed by atoms with Crippen LogP contribution in [0.2, 0.25) is 0 Å². The van der Waals surface area contributed by atoms with Crippen LogP contribution in [0.25, 0.3) is 0 Å². The van der Waals surface area contributed by atoms with Crippen molar-refractivity contribution in [1.82, 2.24) is 9.97 Å². The Bertz CT molecular complexity index is 597. The van der Waals surface area contributed by atoms with Gasteiger partial charge in [0.2, 0.25) is 0 Å². The van der Waals surface area contributed by atoms with Gasteiger partial charge in [0.1, 0.15) is 17.3 Å². The highest BCUT2D eigenvalue weighted by molar-refractivity contribution is 6.02. The number of ether oxygens (including phenoxy) is 1. The van der Waals surface area contributed by atoms with Gasteiger partial charge in [0.15, 0.2) is 0 Å². The maximum Gasteiger partial charge on any atom is 0.275 e. The zero-order chi connectivity index (χ0) is 15.8. The summed E-state index contributed by atoms with van der Waals surface area (Å²) in [6, 6.07) is 7.10. The van der Waals surface area contributed by atoms with Crippen molar-refractivity contribution in [2.24, 2.45) is 0 Å². The minimum atomic E-state index is -0.294. The average molecular weight is 300 g/mol. The van der Waals surface area contributed by atoms with Crippen LogP contribution < -0.4 is 15.4 Å². The summed E-state index contributed by atoms with van der Waals surface area (Å²) >= 11 is 0. The largest absolute Gasteiger partial charge is 0.497 e. The van der Waals surface area contributed by atoms with Crippen molar-refractivity contribution < 1.29 is 9.53 Å². The molecule has 0 atom stereocenters. The molecule has 0 saturated heterocycles. The number of anilines is 2. The van der Waals surface area contributed by atoms with E-state index >= 15 is 0 Å². The minimum absolute atomic E-state index is 0.275. The van der Waals surface area contributed by atoms with Crippen LogP contribution in [0.5, 0.6) is 5.75 Å². The molecule has 1 aromatic heterocycles. The number of carbonyl (C=O) groups is 1. The van der Waals surface area contributed by atoms with Crippen LogP contribution in [-0.2, 0) is 0 Å². The van der Waals surface area contributed by atoms with Gasteiger partial charge >= 0.3 is 0 Å². The van der Waals surface area contributed by atoms with E-state index in [2.05, 4.69) is 27.5 Å². The molecule has 22 heavy (non-hydrogen) atoms.